The van der Waals surface area contributed by atoms with Crippen LogP contribution >= 0.6 is 0 Å². The number of hydrogen-bond donors (Lipinski definition) is 1. The molecule has 2 heterocycles. The molecule has 180 valence electrons. The number of carbonyl (C=O) groups is 2. The second-order valence-corrected chi connectivity index (χ2v) is 12.5. The van der Waals surface area contributed by atoms with Crippen LogP contribution in [-0.4, -0.2) is 40.3 Å². The summed E-state index contributed by atoms with van der Waals surface area (Å²) in [5.41, 5.74) is -0.0782. The van der Waals surface area contributed by atoms with Crippen molar-refractivity contribution in [3.63, 3.8) is 0 Å². The lowest BCUT2D eigenvalue weighted by molar-refractivity contribution is -0.185. The van der Waals surface area contributed by atoms with Crippen LogP contribution < -0.4 is 0 Å². The van der Waals surface area contributed by atoms with E-state index in [1.54, 1.807) is 6.08 Å². The Labute approximate surface area is 197 Å². The molecule has 1 spiro atoms. The van der Waals surface area contributed by atoms with Crippen LogP contribution in [0, 0.1) is 34.5 Å². The zero-order valence-electron chi connectivity index (χ0n) is 20.6. The minimum absolute atomic E-state index is 0.134. The third-order valence-corrected chi connectivity index (χ3v) is 11.8. The van der Waals surface area contributed by atoms with Crippen molar-refractivity contribution in [1.82, 2.24) is 0 Å². The third kappa shape index (κ3) is 2.46. The number of ketones is 1. The Kier molecular flexibility index (Phi) is 4.41. The predicted molar refractivity (Wildman–Crippen MR) is 123 cm³/mol. The highest BCUT2D eigenvalue weighted by Gasteiger charge is 2.78. The standard InChI is InChI=1S/C28H38O5/c1-15-13-21(32-24(30)16(15)2)17(3)27(31)12-9-19-18-14-23-28(33-23)10-6-7-22(29)26(28,5)20(18)8-11-25(19,27)4/h6-7,17-21,23,31H,8-14H2,1-5H3. The lowest BCUT2D eigenvalue weighted by Crippen LogP contribution is -2.62. The lowest BCUT2D eigenvalue weighted by Gasteiger charge is -2.59. The van der Waals surface area contributed by atoms with Gasteiger partial charge >= 0.3 is 5.97 Å². The highest BCUT2D eigenvalue weighted by atomic mass is 16.6. The number of ether oxygens (including phenoxy) is 2. The van der Waals surface area contributed by atoms with Gasteiger partial charge in [-0.25, -0.2) is 4.79 Å². The second kappa shape index (κ2) is 6.60. The van der Waals surface area contributed by atoms with Crippen molar-refractivity contribution in [2.45, 2.75) is 103 Å². The average molecular weight is 455 g/mol. The number of rotatable bonds is 2. The fourth-order valence-corrected chi connectivity index (χ4v) is 9.39. The first-order valence-electron chi connectivity index (χ1n) is 13.0. The Hall–Kier alpha value is -1.46. The summed E-state index contributed by atoms with van der Waals surface area (Å²) in [5, 5.41) is 12.3. The monoisotopic (exact) mass is 454 g/mol. The van der Waals surface area contributed by atoms with Crippen molar-refractivity contribution in [2.24, 2.45) is 34.5 Å². The maximum absolute atomic E-state index is 13.3. The Morgan fingerprint density at radius 1 is 1.12 bits per heavy atom. The summed E-state index contributed by atoms with van der Waals surface area (Å²) >= 11 is 0. The van der Waals surface area contributed by atoms with Gasteiger partial charge in [-0.2, -0.15) is 0 Å². The topological polar surface area (TPSA) is 76.1 Å². The van der Waals surface area contributed by atoms with Crippen LogP contribution in [0.4, 0.5) is 0 Å². The molecule has 4 fully saturated rings. The van der Waals surface area contributed by atoms with E-state index in [4.69, 9.17) is 9.47 Å². The van der Waals surface area contributed by atoms with Gasteiger partial charge in [-0.3, -0.25) is 4.79 Å². The molecule has 0 aromatic carbocycles. The number of aliphatic hydroxyl groups is 1. The van der Waals surface area contributed by atoms with E-state index in [1.165, 1.54) is 0 Å². The molecule has 1 saturated heterocycles. The van der Waals surface area contributed by atoms with Gasteiger partial charge in [0.15, 0.2) is 5.78 Å². The molecular formula is C28H38O5. The summed E-state index contributed by atoms with van der Waals surface area (Å²) in [5.74, 6) is 0.926. The van der Waals surface area contributed by atoms with E-state index in [0.29, 0.717) is 29.7 Å². The first kappa shape index (κ1) is 22.0. The number of allylic oxidation sites excluding steroid dienone is 1. The summed E-state index contributed by atoms with van der Waals surface area (Å²) in [6, 6.07) is 0. The van der Waals surface area contributed by atoms with E-state index in [2.05, 4.69) is 20.8 Å². The quantitative estimate of drug-likeness (QED) is 0.490. The van der Waals surface area contributed by atoms with Crippen molar-refractivity contribution in [3.8, 4) is 0 Å². The maximum atomic E-state index is 13.3. The van der Waals surface area contributed by atoms with Crippen molar-refractivity contribution in [2.75, 3.05) is 0 Å². The molecule has 0 amide bonds. The molecule has 5 heteroatoms. The van der Waals surface area contributed by atoms with Gasteiger partial charge in [0, 0.05) is 17.9 Å². The minimum Gasteiger partial charge on any atom is -0.458 e. The molecular weight excluding hydrogens is 416 g/mol. The van der Waals surface area contributed by atoms with Crippen LogP contribution in [0.25, 0.3) is 0 Å². The molecule has 5 nitrogen and oxygen atoms in total. The van der Waals surface area contributed by atoms with Crippen molar-refractivity contribution < 1.29 is 24.2 Å². The molecule has 10 unspecified atom stereocenters. The zero-order valence-corrected chi connectivity index (χ0v) is 20.6. The third-order valence-electron chi connectivity index (χ3n) is 11.8. The minimum atomic E-state index is -0.880. The lowest BCUT2D eigenvalue weighted by atomic mass is 9.44. The average Bonchev–Trinajstić information content (AvgIpc) is 3.41. The molecule has 4 aliphatic carbocycles. The molecule has 0 radical (unpaired) electrons. The van der Waals surface area contributed by atoms with E-state index in [1.807, 2.05) is 19.9 Å². The van der Waals surface area contributed by atoms with Crippen LogP contribution in [0.2, 0.25) is 0 Å². The molecule has 6 rings (SSSR count). The van der Waals surface area contributed by atoms with Crippen molar-refractivity contribution in [3.05, 3.63) is 23.3 Å². The Morgan fingerprint density at radius 3 is 2.58 bits per heavy atom. The smallest absolute Gasteiger partial charge is 0.333 e. The van der Waals surface area contributed by atoms with Gasteiger partial charge in [-0.1, -0.05) is 25.5 Å². The number of hydrogen-bond acceptors (Lipinski definition) is 5. The second-order valence-electron chi connectivity index (χ2n) is 12.5. The summed E-state index contributed by atoms with van der Waals surface area (Å²) in [7, 11) is 0. The summed E-state index contributed by atoms with van der Waals surface area (Å²) in [6.45, 7) is 10.4. The molecule has 1 N–H and O–H groups in total. The van der Waals surface area contributed by atoms with Gasteiger partial charge in [-0.15, -0.1) is 0 Å². The fraction of sp³-hybridized carbons (Fsp3) is 0.786. The molecule has 3 saturated carbocycles. The fourth-order valence-electron chi connectivity index (χ4n) is 9.39. The molecule has 0 aromatic heterocycles. The molecule has 0 bridgehead atoms. The normalized spacial score (nSPS) is 53.6. The zero-order chi connectivity index (χ0) is 23.6. The number of carbonyl (C=O) groups excluding carboxylic acids is 2. The largest absolute Gasteiger partial charge is 0.458 e. The van der Waals surface area contributed by atoms with Crippen LogP contribution in [0.1, 0.15) is 79.6 Å². The number of cyclic esters (lactones) is 1. The van der Waals surface area contributed by atoms with Crippen LogP contribution in [0.3, 0.4) is 0 Å². The molecule has 33 heavy (non-hydrogen) atoms. The van der Waals surface area contributed by atoms with Crippen molar-refractivity contribution >= 4 is 11.8 Å². The summed E-state index contributed by atoms with van der Waals surface area (Å²) in [4.78, 5) is 25.7. The predicted octanol–water partition coefficient (Wildman–Crippen LogP) is 4.52. The Bertz CT molecular complexity index is 996. The van der Waals surface area contributed by atoms with Gasteiger partial charge in [0.1, 0.15) is 11.7 Å². The van der Waals surface area contributed by atoms with Gasteiger partial charge in [-0.05, 0) is 88.5 Å². The van der Waals surface area contributed by atoms with E-state index >= 15 is 0 Å². The summed E-state index contributed by atoms with van der Waals surface area (Å²) in [6.07, 6.45) is 9.79. The van der Waals surface area contributed by atoms with Crippen LogP contribution in [-0.2, 0) is 19.1 Å². The van der Waals surface area contributed by atoms with E-state index < -0.39 is 11.0 Å². The number of esters is 1. The molecule has 0 aromatic rings. The summed E-state index contributed by atoms with van der Waals surface area (Å²) < 4.78 is 12.2. The van der Waals surface area contributed by atoms with E-state index in [9.17, 15) is 14.7 Å². The Morgan fingerprint density at radius 2 is 1.85 bits per heavy atom. The van der Waals surface area contributed by atoms with Gasteiger partial charge in [0.25, 0.3) is 0 Å². The molecule has 6 aliphatic rings. The van der Waals surface area contributed by atoms with Crippen molar-refractivity contribution in [1.29, 1.82) is 0 Å². The van der Waals surface area contributed by atoms with Gasteiger partial charge in [0.2, 0.25) is 0 Å². The molecule has 10 atom stereocenters. The molecule has 2 aliphatic heterocycles. The Balaban J connectivity index is 1.31. The van der Waals surface area contributed by atoms with Crippen LogP contribution in [0.5, 0.6) is 0 Å². The highest BCUT2D eigenvalue weighted by molar-refractivity contribution is 5.97. The highest BCUT2D eigenvalue weighted by Crippen LogP contribution is 2.73. The SMILES string of the molecule is CC1=C(C)C(=O)OC(C(C)C2(O)CCC3C4CC5OC56CC=CC(=O)C6(C)C4CCC32C)C1. The van der Waals surface area contributed by atoms with E-state index in [-0.39, 0.29) is 40.9 Å². The van der Waals surface area contributed by atoms with E-state index in [0.717, 1.165) is 44.1 Å². The number of epoxide rings is 1. The van der Waals surface area contributed by atoms with Gasteiger partial charge in [0.05, 0.1) is 17.1 Å². The first-order valence-corrected chi connectivity index (χ1v) is 13.0. The number of fused-ring (bicyclic) bond motifs is 4. The van der Waals surface area contributed by atoms with Gasteiger partial charge < -0.3 is 14.6 Å². The maximum Gasteiger partial charge on any atom is 0.333 e. The van der Waals surface area contributed by atoms with Crippen LogP contribution in [0.15, 0.2) is 23.3 Å². The first-order chi connectivity index (χ1) is 15.5.